The van der Waals surface area contributed by atoms with Gasteiger partial charge in [0.1, 0.15) is 5.82 Å². The molecule has 0 atom stereocenters. The number of likely N-dealkylation sites (N-methyl/N-ethyl adjacent to an activating group) is 1. The second-order valence-electron chi connectivity index (χ2n) is 4.60. The smallest absolute Gasteiger partial charge is 0.226 e. The first-order chi connectivity index (χ1) is 8.99. The molecule has 1 heterocycles. The van der Waals surface area contributed by atoms with Crippen molar-refractivity contribution >= 4 is 5.95 Å². The van der Waals surface area contributed by atoms with Crippen molar-refractivity contribution in [2.24, 2.45) is 7.05 Å². The molecule has 0 fully saturated rings. The van der Waals surface area contributed by atoms with Crippen molar-refractivity contribution in [3.05, 3.63) is 29.6 Å². The molecule has 0 aliphatic carbocycles. The molecule has 1 aromatic carbocycles. The SMILES string of the molecule is Cc1nnc(N(C)CCc2ccc(O)c(O)c2)n1C. The maximum Gasteiger partial charge on any atom is 0.226 e. The molecule has 0 bridgehead atoms. The van der Waals surface area contributed by atoms with Crippen LogP contribution in [0.3, 0.4) is 0 Å². The summed E-state index contributed by atoms with van der Waals surface area (Å²) in [5, 5.41) is 26.8. The van der Waals surface area contributed by atoms with Crippen molar-refractivity contribution in [1.82, 2.24) is 14.8 Å². The van der Waals surface area contributed by atoms with E-state index in [0.29, 0.717) is 0 Å². The molecule has 0 spiro atoms. The molecule has 6 heteroatoms. The first-order valence-corrected chi connectivity index (χ1v) is 6.07. The standard InChI is InChI=1S/C13H18N4O2/c1-9-14-15-13(17(9)3)16(2)7-6-10-4-5-11(18)12(19)8-10/h4-5,8,18-19H,6-7H2,1-3H3. The molecule has 2 aromatic rings. The summed E-state index contributed by atoms with van der Waals surface area (Å²) in [5.74, 6) is 1.49. The van der Waals surface area contributed by atoms with E-state index >= 15 is 0 Å². The van der Waals surface area contributed by atoms with Gasteiger partial charge in [-0.05, 0) is 31.0 Å². The minimum atomic E-state index is -0.0963. The van der Waals surface area contributed by atoms with E-state index < -0.39 is 0 Å². The number of anilines is 1. The molecule has 0 amide bonds. The molecule has 0 unspecified atom stereocenters. The Morgan fingerprint density at radius 2 is 1.95 bits per heavy atom. The van der Waals surface area contributed by atoms with Gasteiger partial charge in [0, 0.05) is 20.6 Å². The summed E-state index contributed by atoms with van der Waals surface area (Å²) in [5.41, 5.74) is 0.959. The van der Waals surface area contributed by atoms with E-state index in [1.165, 1.54) is 6.07 Å². The van der Waals surface area contributed by atoms with Crippen molar-refractivity contribution in [2.75, 3.05) is 18.5 Å². The fourth-order valence-corrected chi connectivity index (χ4v) is 1.85. The van der Waals surface area contributed by atoms with Gasteiger partial charge in [0.25, 0.3) is 0 Å². The van der Waals surface area contributed by atoms with Crippen LogP contribution in [-0.2, 0) is 13.5 Å². The summed E-state index contributed by atoms with van der Waals surface area (Å²) < 4.78 is 1.92. The fraction of sp³-hybridized carbons (Fsp3) is 0.385. The average Bonchev–Trinajstić information content (AvgIpc) is 2.71. The average molecular weight is 262 g/mol. The van der Waals surface area contributed by atoms with Crippen LogP contribution < -0.4 is 4.90 Å². The lowest BCUT2D eigenvalue weighted by Crippen LogP contribution is -2.23. The Morgan fingerprint density at radius 1 is 1.21 bits per heavy atom. The minimum absolute atomic E-state index is 0.0883. The lowest BCUT2D eigenvalue weighted by molar-refractivity contribution is 0.403. The van der Waals surface area contributed by atoms with Gasteiger partial charge < -0.3 is 19.7 Å². The van der Waals surface area contributed by atoms with Crippen molar-refractivity contribution < 1.29 is 10.2 Å². The molecule has 0 saturated heterocycles. The molecular formula is C13H18N4O2. The maximum atomic E-state index is 9.44. The van der Waals surface area contributed by atoms with Crippen LogP contribution in [0.15, 0.2) is 18.2 Å². The van der Waals surface area contributed by atoms with Crippen LogP contribution in [0.2, 0.25) is 0 Å². The molecule has 102 valence electrons. The zero-order valence-electron chi connectivity index (χ0n) is 11.3. The summed E-state index contributed by atoms with van der Waals surface area (Å²) in [6.07, 6.45) is 0.746. The van der Waals surface area contributed by atoms with E-state index in [-0.39, 0.29) is 11.5 Å². The zero-order valence-corrected chi connectivity index (χ0v) is 11.3. The third-order valence-corrected chi connectivity index (χ3v) is 3.19. The van der Waals surface area contributed by atoms with E-state index in [9.17, 15) is 10.2 Å². The van der Waals surface area contributed by atoms with Crippen LogP contribution in [0, 0.1) is 6.92 Å². The first-order valence-electron chi connectivity index (χ1n) is 6.07. The molecule has 6 nitrogen and oxygen atoms in total. The lowest BCUT2D eigenvalue weighted by Gasteiger charge is -2.17. The van der Waals surface area contributed by atoms with Crippen molar-refractivity contribution in [1.29, 1.82) is 0 Å². The number of hydrogen-bond acceptors (Lipinski definition) is 5. The summed E-state index contributed by atoms with van der Waals surface area (Å²) in [4.78, 5) is 2.00. The van der Waals surface area contributed by atoms with Gasteiger partial charge in [-0.15, -0.1) is 10.2 Å². The largest absolute Gasteiger partial charge is 0.504 e. The van der Waals surface area contributed by atoms with Crippen LogP contribution in [0.5, 0.6) is 11.5 Å². The topological polar surface area (TPSA) is 74.4 Å². The van der Waals surface area contributed by atoms with Gasteiger partial charge in [-0.3, -0.25) is 0 Å². The summed E-state index contributed by atoms with van der Waals surface area (Å²) in [7, 11) is 3.87. The number of nitrogens with zero attached hydrogens (tertiary/aromatic N) is 4. The van der Waals surface area contributed by atoms with Crippen molar-refractivity contribution in [2.45, 2.75) is 13.3 Å². The molecule has 19 heavy (non-hydrogen) atoms. The number of hydrogen-bond donors (Lipinski definition) is 2. The highest BCUT2D eigenvalue weighted by Gasteiger charge is 2.10. The molecule has 2 N–H and O–H groups in total. The zero-order chi connectivity index (χ0) is 14.0. The predicted octanol–water partition coefficient (Wildman–Crippen LogP) is 1.21. The van der Waals surface area contributed by atoms with Gasteiger partial charge in [-0.2, -0.15) is 0 Å². The number of aromatic nitrogens is 3. The quantitative estimate of drug-likeness (QED) is 0.810. The van der Waals surface area contributed by atoms with Gasteiger partial charge in [0.05, 0.1) is 0 Å². The number of phenols is 2. The predicted molar refractivity (Wildman–Crippen MR) is 72.5 cm³/mol. The summed E-state index contributed by atoms with van der Waals surface area (Å²) in [6.45, 7) is 2.65. The summed E-state index contributed by atoms with van der Waals surface area (Å²) in [6, 6.07) is 4.87. The maximum absolute atomic E-state index is 9.44. The van der Waals surface area contributed by atoms with Crippen LogP contribution in [0.4, 0.5) is 5.95 Å². The second kappa shape index (κ2) is 5.17. The normalized spacial score (nSPS) is 10.7. The Labute approximate surface area is 111 Å². The van der Waals surface area contributed by atoms with Gasteiger partial charge in [-0.25, -0.2) is 0 Å². The Morgan fingerprint density at radius 3 is 2.53 bits per heavy atom. The van der Waals surface area contributed by atoms with E-state index in [1.54, 1.807) is 12.1 Å². The number of phenolic OH excluding ortho intramolecular Hbond substituents is 2. The minimum Gasteiger partial charge on any atom is -0.504 e. The lowest BCUT2D eigenvalue weighted by atomic mass is 10.1. The molecule has 2 rings (SSSR count). The highest BCUT2D eigenvalue weighted by Crippen LogP contribution is 2.25. The number of aryl methyl sites for hydroxylation is 1. The van der Waals surface area contributed by atoms with Crippen molar-refractivity contribution in [3.63, 3.8) is 0 Å². The van der Waals surface area contributed by atoms with E-state index in [0.717, 1.165) is 30.3 Å². The first kappa shape index (κ1) is 13.2. The van der Waals surface area contributed by atoms with E-state index in [2.05, 4.69) is 10.2 Å². The Kier molecular flexibility index (Phi) is 3.59. The van der Waals surface area contributed by atoms with Crippen molar-refractivity contribution in [3.8, 4) is 11.5 Å². The molecule has 0 aliphatic rings. The van der Waals surface area contributed by atoms with Gasteiger partial charge >= 0.3 is 0 Å². The van der Waals surface area contributed by atoms with Gasteiger partial charge in [0.15, 0.2) is 11.5 Å². The van der Waals surface area contributed by atoms with Gasteiger partial charge in [-0.1, -0.05) is 6.07 Å². The van der Waals surface area contributed by atoms with Crippen LogP contribution in [0.1, 0.15) is 11.4 Å². The van der Waals surface area contributed by atoms with Crippen LogP contribution >= 0.6 is 0 Å². The Balaban J connectivity index is 2.02. The van der Waals surface area contributed by atoms with E-state index in [4.69, 9.17) is 0 Å². The van der Waals surface area contributed by atoms with Crippen LogP contribution in [-0.4, -0.2) is 38.6 Å². The van der Waals surface area contributed by atoms with E-state index in [1.807, 2.05) is 30.5 Å². The Hall–Kier alpha value is -2.24. The molecule has 1 aromatic heterocycles. The number of aromatic hydroxyl groups is 2. The monoisotopic (exact) mass is 262 g/mol. The highest BCUT2D eigenvalue weighted by molar-refractivity contribution is 5.41. The number of rotatable bonds is 4. The third-order valence-electron chi connectivity index (χ3n) is 3.19. The number of benzene rings is 1. The Bertz CT molecular complexity index is 580. The summed E-state index contributed by atoms with van der Waals surface area (Å²) >= 11 is 0. The third kappa shape index (κ3) is 2.78. The molecule has 0 saturated carbocycles. The second-order valence-corrected chi connectivity index (χ2v) is 4.60. The van der Waals surface area contributed by atoms with Gasteiger partial charge in [0.2, 0.25) is 5.95 Å². The highest BCUT2D eigenvalue weighted by atomic mass is 16.3. The molecular weight excluding hydrogens is 244 g/mol. The van der Waals surface area contributed by atoms with Crippen LogP contribution in [0.25, 0.3) is 0 Å². The molecule has 0 radical (unpaired) electrons. The molecule has 0 aliphatic heterocycles. The fourth-order valence-electron chi connectivity index (χ4n) is 1.85.